The predicted molar refractivity (Wildman–Crippen MR) is 76.2 cm³/mol. The Morgan fingerprint density at radius 3 is 2.89 bits per heavy atom. The minimum Gasteiger partial charge on any atom is -0.419 e. The van der Waals surface area contributed by atoms with Crippen molar-refractivity contribution in [1.29, 1.82) is 0 Å². The molecular weight excluding hydrogens is 262 g/mol. The third-order valence-corrected chi connectivity index (χ3v) is 3.44. The molecule has 0 saturated heterocycles. The molecule has 1 aromatic heterocycles. The van der Waals surface area contributed by atoms with Gasteiger partial charge >= 0.3 is 0 Å². The predicted octanol–water partition coefficient (Wildman–Crippen LogP) is 3.76. The molecule has 0 spiro atoms. The highest BCUT2D eigenvalue weighted by Gasteiger charge is 2.16. The lowest BCUT2D eigenvalue weighted by Gasteiger charge is -2.07. The van der Waals surface area contributed by atoms with E-state index in [-0.39, 0.29) is 6.04 Å². The Balaban J connectivity index is 2.23. The van der Waals surface area contributed by atoms with Crippen molar-refractivity contribution in [1.82, 2.24) is 15.5 Å². The van der Waals surface area contributed by atoms with Crippen molar-refractivity contribution in [2.45, 2.75) is 33.2 Å². The van der Waals surface area contributed by atoms with Crippen LogP contribution in [-0.4, -0.2) is 16.7 Å². The highest BCUT2D eigenvalue weighted by molar-refractivity contribution is 6.33. The maximum absolute atomic E-state index is 6.26. The minimum absolute atomic E-state index is 0.0461. The monoisotopic (exact) mass is 279 g/mol. The first-order valence-corrected chi connectivity index (χ1v) is 6.83. The molecule has 1 atom stereocenters. The molecule has 2 rings (SSSR count). The van der Waals surface area contributed by atoms with Gasteiger partial charge in [0, 0.05) is 0 Å². The summed E-state index contributed by atoms with van der Waals surface area (Å²) in [6, 6.07) is 5.81. The normalized spacial score (nSPS) is 12.6. The number of hydrogen-bond acceptors (Lipinski definition) is 4. The quantitative estimate of drug-likeness (QED) is 0.905. The van der Waals surface area contributed by atoms with Gasteiger partial charge < -0.3 is 9.73 Å². The van der Waals surface area contributed by atoms with Crippen LogP contribution in [0.15, 0.2) is 22.6 Å². The van der Waals surface area contributed by atoms with Crippen LogP contribution in [0.2, 0.25) is 5.02 Å². The average molecular weight is 280 g/mol. The lowest BCUT2D eigenvalue weighted by Crippen LogP contribution is -2.19. The minimum atomic E-state index is 0.0461. The molecule has 0 aliphatic carbocycles. The van der Waals surface area contributed by atoms with Crippen molar-refractivity contribution in [2.24, 2.45) is 0 Å². The Labute approximate surface area is 118 Å². The van der Waals surface area contributed by atoms with Crippen molar-refractivity contribution < 1.29 is 4.42 Å². The Morgan fingerprint density at radius 1 is 1.37 bits per heavy atom. The summed E-state index contributed by atoms with van der Waals surface area (Å²) in [4.78, 5) is 0. The molecule has 1 aromatic carbocycles. The van der Waals surface area contributed by atoms with E-state index >= 15 is 0 Å². The Kier molecular flexibility index (Phi) is 4.56. The standard InChI is InChI=1S/C14H18ClN3O/c1-4-8-16-10(3)13-17-18-14(19-13)11-7-5-6-9(2)12(11)15/h5-7,10,16H,4,8H2,1-3H3. The van der Waals surface area contributed by atoms with E-state index in [0.29, 0.717) is 16.8 Å². The molecule has 0 aliphatic rings. The molecule has 0 saturated carbocycles. The van der Waals surface area contributed by atoms with Crippen LogP contribution in [0.1, 0.15) is 37.8 Å². The largest absolute Gasteiger partial charge is 0.419 e. The van der Waals surface area contributed by atoms with Gasteiger partial charge in [0.15, 0.2) is 0 Å². The molecule has 0 fully saturated rings. The van der Waals surface area contributed by atoms with E-state index in [2.05, 4.69) is 22.4 Å². The molecule has 1 heterocycles. The molecule has 1 N–H and O–H groups in total. The van der Waals surface area contributed by atoms with Gasteiger partial charge in [-0.3, -0.25) is 0 Å². The maximum Gasteiger partial charge on any atom is 0.249 e. The second kappa shape index (κ2) is 6.17. The van der Waals surface area contributed by atoms with Crippen LogP contribution < -0.4 is 5.32 Å². The average Bonchev–Trinajstić information content (AvgIpc) is 2.88. The van der Waals surface area contributed by atoms with Crippen LogP contribution in [-0.2, 0) is 0 Å². The van der Waals surface area contributed by atoms with Crippen LogP contribution in [0.4, 0.5) is 0 Å². The van der Waals surface area contributed by atoms with E-state index in [4.69, 9.17) is 16.0 Å². The van der Waals surface area contributed by atoms with Gasteiger partial charge in [0.2, 0.25) is 11.8 Å². The summed E-state index contributed by atoms with van der Waals surface area (Å²) in [7, 11) is 0. The Hall–Kier alpha value is -1.39. The molecule has 4 nitrogen and oxygen atoms in total. The molecule has 0 bridgehead atoms. The van der Waals surface area contributed by atoms with E-state index in [1.54, 1.807) is 0 Å². The number of aryl methyl sites for hydroxylation is 1. The molecule has 0 radical (unpaired) electrons. The second-order valence-corrected chi connectivity index (χ2v) is 4.94. The van der Waals surface area contributed by atoms with Crippen LogP contribution in [0, 0.1) is 6.92 Å². The maximum atomic E-state index is 6.26. The van der Waals surface area contributed by atoms with Gasteiger partial charge in [-0.2, -0.15) is 0 Å². The van der Waals surface area contributed by atoms with E-state index in [9.17, 15) is 0 Å². The highest BCUT2D eigenvalue weighted by atomic mass is 35.5. The highest BCUT2D eigenvalue weighted by Crippen LogP contribution is 2.30. The smallest absolute Gasteiger partial charge is 0.249 e. The number of nitrogens with zero attached hydrogens (tertiary/aromatic N) is 2. The van der Waals surface area contributed by atoms with E-state index < -0.39 is 0 Å². The van der Waals surface area contributed by atoms with Gasteiger partial charge in [0.05, 0.1) is 16.6 Å². The summed E-state index contributed by atoms with van der Waals surface area (Å²) < 4.78 is 5.70. The summed E-state index contributed by atoms with van der Waals surface area (Å²) in [6.07, 6.45) is 1.06. The first-order chi connectivity index (χ1) is 9.13. The van der Waals surface area contributed by atoms with Crippen LogP contribution in [0.5, 0.6) is 0 Å². The molecule has 0 aliphatic heterocycles. The number of nitrogens with one attached hydrogen (secondary N) is 1. The number of benzene rings is 1. The van der Waals surface area contributed by atoms with Crippen molar-refractivity contribution in [3.05, 3.63) is 34.7 Å². The van der Waals surface area contributed by atoms with Gasteiger partial charge in [0.1, 0.15) is 0 Å². The molecule has 1 unspecified atom stereocenters. The molecule has 19 heavy (non-hydrogen) atoms. The van der Waals surface area contributed by atoms with Gasteiger partial charge in [-0.25, -0.2) is 0 Å². The van der Waals surface area contributed by atoms with Crippen LogP contribution in [0.3, 0.4) is 0 Å². The zero-order valence-electron chi connectivity index (χ0n) is 11.4. The first kappa shape index (κ1) is 14.0. The van der Waals surface area contributed by atoms with Crippen molar-refractivity contribution in [2.75, 3.05) is 6.54 Å². The fourth-order valence-corrected chi connectivity index (χ4v) is 1.99. The van der Waals surface area contributed by atoms with Crippen molar-refractivity contribution in [3.8, 4) is 11.5 Å². The number of rotatable bonds is 5. The van der Waals surface area contributed by atoms with Gasteiger partial charge in [-0.05, 0) is 38.4 Å². The molecular formula is C14H18ClN3O. The fraction of sp³-hybridized carbons (Fsp3) is 0.429. The Bertz CT molecular complexity index is 553. The van der Waals surface area contributed by atoms with Gasteiger partial charge in [-0.1, -0.05) is 30.7 Å². The summed E-state index contributed by atoms with van der Waals surface area (Å²) in [6.45, 7) is 6.99. The first-order valence-electron chi connectivity index (χ1n) is 6.45. The Morgan fingerprint density at radius 2 is 2.16 bits per heavy atom. The van der Waals surface area contributed by atoms with Gasteiger partial charge in [0.25, 0.3) is 0 Å². The van der Waals surface area contributed by atoms with Crippen molar-refractivity contribution >= 4 is 11.6 Å². The molecule has 5 heteroatoms. The number of halogens is 1. The van der Waals surface area contributed by atoms with E-state index in [0.717, 1.165) is 24.1 Å². The molecule has 0 amide bonds. The van der Waals surface area contributed by atoms with Crippen LogP contribution >= 0.6 is 11.6 Å². The summed E-state index contributed by atoms with van der Waals surface area (Å²) >= 11 is 6.26. The second-order valence-electron chi connectivity index (χ2n) is 4.56. The molecule has 102 valence electrons. The van der Waals surface area contributed by atoms with E-state index in [1.165, 1.54) is 0 Å². The third-order valence-electron chi connectivity index (χ3n) is 2.93. The lowest BCUT2D eigenvalue weighted by atomic mass is 10.1. The van der Waals surface area contributed by atoms with E-state index in [1.807, 2.05) is 32.0 Å². The number of aromatic nitrogens is 2. The topological polar surface area (TPSA) is 51.0 Å². The van der Waals surface area contributed by atoms with Gasteiger partial charge in [-0.15, -0.1) is 10.2 Å². The third kappa shape index (κ3) is 3.14. The zero-order valence-corrected chi connectivity index (χ0v) is 12.2. The summed E-state index contributed by atoms with van der Waals surface area (Å²) in [5.74, 6) is 1.05. The SMILES string of the molecule is CCCNC(C)c1nnc(-c2cccc(C)c2Cl)o1. The lowest BCUT2D eigenvalue weighted by molar-refractivity contribution is 0.423. The number of hydrogen-bond donors (Lipinski definition) is 1. The summed E-state index contributed by atoms with van der Waals surface area (Å²) in [5, 5.41) is 12.1. The fourth-order valence-electron chi connectivity index (χ4n) is 1.78. The zero-order chi connectivity index (χ0) is 13.8. The van der Waals surface area contributed by atoms with Crippen LogP contribution in [0.25, 0.3) is 11.5 Å². The summed E-state index contributed by atoms with van der Waals surface area (Å²) in [5.41, 5.74) is 1.78. The van der Waals surface area contributed by atoms with Crippen molar-refractivity contribution in [3.63, 3.8) is 0 Å². The molecule has 2 aromatic rings.